The van der Waals surface area contributed by atoms with E-state index in [0.29, 0.717) is 48.6 Å². The number of rotatable bonds is 14. The van der Waals surface area contributed by atoms with Crippen LogP contribution in [-0.2, 0) is 20.9 Å². The van der Waals surface area contributed by atoms with Crippen LogP contribution in [0.2, 0.25) is 0 Å². The van der Waals surface area contributed by atoms with E-state index in [1.165, 1.54) is 11.8 Å². The van der Waals surface area contributed by atoms with Crippen LogP contribution in [0.15, 0.2) is 34.2 Å². The fourth-order valence-electron chi connectivity index (χ4n) is 3.00. The van der Waals surface area contributed by atoms with Crippen molar-refractivity contribution in [2.24, 2.45) is 5.73 Å². The van der Waals surface area contributed by atoms with Crippen LogP contribution >= 0.6 is 11.8 Å². The molecule has 0 saturated carbocycles. The number of fused-ring (bicyclic) bond motifs is 1. The van der Waals surface area contributed by atoms with Crippen LogP contribution in [-0.4, -0.2) is 46.4 Å². The third-order valence-corrected chi connectivity index (χ3v) is 5.53. The summed E-state index contributed by atoms with van der Waals surface area (Å²) in [6.07, 6.45) is 3.47. The van der Waals surface area contributed by atoms with Crippen LogP contribution in [0.25, 0.3) is 10.9 Å². The van der Waals surface area contributed by atoms with E-state index in [-0.39, 0.29) is 29.2 Å². The third-order valence-electron chi connectivity index (χ3n) is 4.56. The van der Waals surface area contributed by atoms with E-state index in [9.17, 15) is 14.4 Å². The zero-order chi connectivity index (χ0) is 22.6. The lowest BCUT2D eigenvalue weighted by Crippen LogP contribution is -2.28. The Kier molecular flexibility index (Phi) is 10.5. The van der Waals surface area contributed by atoms with Crippen molar-refractivity contribution in [3.05, 3.63) is 34.6 Å². The molecule has 0 saturated heterocycles. The molecule has 0 bridgehead atoms. The second-order valence-corrected chi connectivity index (χ2v) is 8.50. The Bertz CT molecular complexity index is 929. The van der Waals surface area contributed by atoms with Gasteiger partial charge in [0.1, 0.15) is 0 Å². The number of nitrogens with two attached hydrogens (primary N) is 1. The monoisotopic (exact) mass is 448 g/mol. The highest BCUT2D eigenvalue weighted by molar-refractivity contribution is 7.99. The van der Waals surface area contributed by atoms with E-state index in [2.05, 4.69) is 10.3 Å². The summed E-state index contributed by atoms with van der Waals surface area (Å²) in [6.45, 7) is 5.58. The number of primary amides is 1. The van der Waals surface area contributed by atoms with Crippen molar-refractivity contribution in [2.75, 3.05) is 18.9 Å². The number of unbranched alkanes of at least 4 members (excludes halogenated alkanes) is 2. The summed E-state index contributed by atoms with van der Waals surface area (Å²) in [7, 11) is 0. The molecule has 1 aromatic carbocycles. The normalized spacial score (nSPS) is 11.2. The first kappa shape index (κ1) is 24.9. The first-order chi connectivity index (χ1) is 14.9. The minimum atomic E-state index is -0.317. The Labute approximate surface area is 186 Å². The lowest BCUT2D eigenvalue weighted by atomic mass is 10.2. The molecule has 0 aliphatic carbocycles. The molecule has 0 atom stereocenters. The number of ether oxygens (including phenoxy) is 1. The van der Waals surface area contributed by atoms with Crippen molar-refractivity contribution in [1.29, 1.82) is 0 Å². The van der Waals surface area contributed by atoms with Gasteiger partial charge in [-0.3, -0.25) is 19.0 Å². The van der Waals surface area contributed by atoms with Gasteiger partial charge in [-0.1, -0.05) is 30.3 Å². The predicted molar refractivity (Wildman–Crippen MR) is 123 cm³/mol. The molecule has 2 amide bonds. The Morgan fingerprint density at radius 3 is 2.71 bits per heavy atom. The average molecular weight is 449 g/mol. The van der Waals surface area contributed by atoms with Gasteiger partial charge in [0.15, 0.2) is 5.16 Å². The van der Waals surface area contributed by atoms with E-state index < -0.39 is 0 Å². The molecule has 0 radical (unpaired) electrons. The zero-order valence-electron chi connectivity index (χ0n) is 18.3. The Hall–Kier alpha value is -2.39. The van der Waals surface area contributed by atoms with Gasteiger partial charge in [-0.25, -0.2) is 4.98 Å². The molecule has 1 aromatic heterocycles. The van der Waals surface area contributed by atoms with E-state index in [1.54, 1.807) is 16.7 Å². The maximum Gasteiger partial charge on any atom is 0.262 e. The van der Waals surface area contributed by atoms with E-state index in [0.717, 1.165) is 19.3 Å². The topological polar surface area (TPSA) is 116 Å². The van der Waals surface area contributed by atoms with Crippen LogP contribution in [0.3, 0.4) is 0 Å². The van der Waals surface area contributed by atoms with Crippen LogP contribution in [0, 0.1) is 0 Å². The number of carbonyl (C=O) groups is 2. The summed E-state index contributed by atoms with van der Waals surface area (Å²) in [4.78, 5) is 40.7. The number of thioether (sulfide) groups is 1. The molecule has 9 heteroatoms. The number of hydrogen-bond donors (Lipinski definition) is 2. The van der Waals surface area contributed by atoms with Crippen molar-refractivity contribution < 1.29 is 14.3 Å². The number of carbonyl (C=O) groups excluding carboxylic acids is 2. The van der Waals surface area contributed by atoms with Gasteiger partial charge in [-0.15, -0.1) is 0 Å². The third kappa shape index (κ3) is 8.70. The van der Waals surface area contributed by atoms with Gasteiger partial charge in [0, 0.05) is 26.1 Å². The summed E-state index contributed by atoms with van der Waals surface area (Å²) in [5.41, 5.74) is 5.68. The summed E-state index contributed by atoms with van der Waals surface area (Å²) in [5, 5.41) is 3.95. The number of nitrogens with zero attached hydrogens (tertiary/aromatic N) is 2. The number of para-hydroxylation sites is 1. The Morgan fingerprint density at radius 1 is 1.19 bits per heavy atom. The minimum Gasteiger partial charge on any atom is -0.379 e. The highest BCUT2D eigenvalue weighted by Gasteiger charge is 2.13. The predicted octanol–water partition coefficient (Wildman–Crippen LogP) is 2.47. The number of amides is 2. The van der Waals surface area contributed by atoms with Gasteiger partial charge in [0.05, 0.1) is 22.8 Å². The molecule has 0 spiro atoms. The largest absolute Gasteiger partial charge is 0.379 e. The Balaban J connectivity index is 1.99. The molecular weight excluding hydrogens is 416 g/mol. The zero-order valence-corrected chi connectivity index (χ0v) is 19.1. The maximum atomic E-state index is 13.0. The van der Waals surface area contributed by atoms with E-state index in [1.807, 2.05) is 26.0 Å². The molecule has 1 heterocycles. The van der Waals surface area contributed by atoms with Gasteiger partial charge >= 0.3 is 0 Å². The highest BCUT2D eigenvalue weighted by Crippen LogP contribution is 2.18. The standard InChI is InChI=1S/C22H32N4O4S/c1-16(2)30-14-8-12-24-20(28)15-31-22-25-18-10-6-5-9-17(18)21(29)26(22)13-7-3-4-11-19(23)27/h5-6,9-10,16H,3-4,7-8,11-15H2,1-2H3,(H2,23,27)(H,24,28). The molecule has 31 heavy (non-hydrogen) atoms. The average Bonchev–Trinajstić information content (AvgIpc) is 2.73. The maximum absolute atomic E-state index is 13.0. The van der Waals surface area contributed by atoms with Crippen LogP contribution in [0.1, 0.15) is 46.0 Å². The molecule has 8 nitrogen and oxygen atoms in total. The van der Waals surface area contributed by atoms with E-state index in [4.69, 9.17) is 10.5 Å². The molecule has 3 N–H and O–H groups in total. The summed E-state index contributed by atoms with van der Waals surface area (Å²) in [5.74, 6) is -0.246. The Morgan fingerprint density at radius 2 is 1.97 bits per heavy atom. The fourth-order valence-corrected chi connectivity index (χ4v) is 3.86. The molecular formula is C22H32N4O4S. The smallest absolute Gasteiger partial charge is 0.262 e. The quantitative estimate of drug-likeness (QED) is 0.261. The molecule has 0 aliphatic heterocycles. The fraction of sp³-hybridized carbons (Fsp3) is 0.545. The van der Waals surface area contributed by atoms with Crippen molar-refractivity contribution in [2.45, 2.75) is 63.8 Å². The first-order valence-corrected chi connectivity index (χ1v) is 11.7. The second-order valence-electron chi connectivity index (χ2n) is 7.56. The van der Waals surface area contributed by atoms with Gasteiger partial charge in [0.2, 0.25) is 11.8 Å². The highest BCUT2D eigenvalue weighted by atomic mass is 32.2. The van der Waals surface area contributed by atoms with Gasteiger partial charge < -0.3 is 15.8 Å². The molecule has 2 aromatic rings. The molecule has 0 unspecified atom stereocenters. The van der Waals surface area contributed by atoms with Crippen molar-refractivity contribution >= 4 is 34.5 Å². The summed E-state index contributed by atoms with van der Waals surface area (Å²) >= 11 is 1.26. The van der Waals surface area contributed by atoms with Crippen LogP contribution < -0.4 is 16.6 Å². The molecule has 2 rings (SSSR count). The van der Waals surface area contributed by atoms with E-state index >= 15 is 0 Å². The SMILES string of the molecule is CC(C)OCCCNC(=O)CSc1nc2ccccc2c(=O)n1CCCCCC(N)=O. The minimum absolute atomic E-state index is 0.107. The second kappa shape index (κ2) is 13.1. The van der Waals surface area contributed by atoms with Crippen molar-refractivity contribution in [3.8, 4) is 0 Å². The first-order valence-electron chi connectivity index (χ1n) is 10.7. The van der Waals surface area contributed by atoms with Gasteiger partial charge in [0.25, 0.3) is 5.56 Å². The van der Waals surface area contributed by atoms with Crippen molar-refractivity contribution in [1.82, 2.24) is 14.9 Å². The lowest BCUT2D eigenvalue weighted by molar-refractivity contribution is -0.119. The van der Waals surface area contributed by atoms with Crippen molar-refractivity contribution in [3.63, 3.8) is 0 Å². The molecule has 0 aliphatic rings. The van der Waals surface area contributed by atoms with Gasteiger partial charge in [-0.2, -0.15) is 0 Å². The number of hydrogen-bond acceptors (Lipinski definition) is 6. The van der Waals surface area contributed by atoms with Crippen LogP contribution in [0.5, 0.6) is 0 Å². The molecule has 0 fully saturated rings. The number of benzene rings is 1. The van der Waals surface area contributed by atoms with Crippen LogP contribution in [0.4, 0.5) is 0 Å². The summed E-state index contributed by atoms with van der Waals surface area (Å²) < 4.78 is 7.09. The summed E-state index contributed by atoms with van der Waals surface area (Å²) in [6, 6.07) is 7.20. The number of nitrogens with one attached hydrogen (secondary N) is 1. The molecule has 170 valence electrons. The lowest BCUT2D eigenvalue weighted by Gasteiger charge is -2.13. The van der Waals surface area contributed by atoms with Gasteiger partial charge in [-0.05, 0) is 45.2 Å². The number of aromatic nitrogens is 2.